The topological polar surface area (TPSA) is 81.5 Å². The summed E-state index contributed by atoms with van der Waals surface area (Å²) in [5, 5.41) is 9.47. The van der Waals surface area contributed by atoms with Crippen molar-refractivity contribution in [1.29, 1.82) is 0 Å². The van der Waals surface area contributed by atoms with Crippen molar-refractivity contribution in [3.05, 3.63) is 29.8 Å². The summed E-state index contributed by atoms with van der Waals surface area (Å²) < 4.78 is 5.04. The van der Waals surface area contributed by atoms with E-state index in [2.05, 4.69) is 6.92 Å². The Morgan fingerprint density at radius 1 is 1.39 bits per heavy atom. The SMILES string of the molecule is CCCC(N)(N)CC=Cc1ccc(O)c(OC)c1. The van der Waals surface area contributed by atoms with E-state index in [1.165, 1.54) is 7.11 Å². The van der Waals surface area contributed by atoms with E-state index < -0.39 is 5.66 Å². The first-order valence-corrected chi connectivity index (χ1v) is 6.10. The third-order valence-electron chi connectivity index (χ3n) is 2.73. The fraction of sp³-hybridized carbons (Fsp3) is 0.429. The van der Waals surface area contributed by atoms with Crippen LogP contribution in [0.5, 0.6) is 11.5 Å². The lowest BCUT2D eigenvalue weighted by atomic mass is 10.0. The molecule has 0 bridgehead atoms. The molecule has 0 aliphatic carbocycles. The standard InChI is InChI=1S/C14H22N2O2/c1-3-8-14(15,16)9-4-5-11-6-7-12(17)13(10-11)18-2/h4-7,10,17H,3,8-9,15-16H2,1-2H3. The molecule has 0 heterocycles. The Balaban J connectivity index is 2.67. The molecule has 0 saturated carbocycles. The number of rotatable bonds is 6. The van der Waals surface area contributed by atoms with E-state index in [4.69, 9.17) is 16.2 Å². The van der Waals surface area contributed by atoms with E-state index in [0.717, 1.165) is 18.4 Å². The van der Waals surface area contributed by atoms with E-state index in [0.29, 0.717) is 12.2 Å². The molecule has 4 heteroatoms. The zero-order chi connectivity index (χ0) is 13.6. The third kappa shape index (κ3) is 4.39. The van der Waals surface area contributed by atoms with Crippen molar-refractivity contribution in [3.63, 3.8) is 0 Å². The summed E-state index contributed by atoms with van der Waals surface area (Å²) in [4.78, 5) is 0. The molecule has 0 radical (unpaired) electrons. The molecule has 1 rings (SSSR count). The Labute approximate surface area is 108 Å². The molecule has 1 aromatic carbocycles. The Kier molecular flexibility index (Phi) is 5.19. The average molecular weight is 250 g/mol. The molecule has 100 valence electrons. The molecular formula is C14H22N2O2. The summed E-state index contributed by atoms with van der Waals surface area (Å²) in [5.74, 6) is 0.588. The van der Waals surface area contributed by atoms with Crippen LogP contribution in [0, 0.1) is 0 Å². The van der Waals surface area contributed by atoms with Crippen molar-refractivity contribution in [1.82, 2.24) is 0 Å². The van der Waals surface area contributed by atoms with Crippen LogP contribution in [0.2, 0.25) is 0 Å². The van der Waals surface area contributed by atoms with Gasteiger partial charge in [0.15, 0.2) is 11.5 Å². The first-order chi connectivity index (χ1) is 8.48. The van der Waals surface area contributed by atoms with Crippen molar-refractivity contribution in [3.8, 4) is 11.5 Å². The number of hydrogen-bond acceptors (Lipinski definition) is 4. The van der Waals surface area contributed by atoms with Crippen molar-refractivity contribution < 1.29 is 9.84 Å². The second-order valence-corrected chi connectivity index (χ2v) is 4.52. The summed E-state index contributed by atoms with van der Waals surface area (Å²) >= 11 is 0. The molecule has 0 amide bonds. The Morgan fingerprint density at radius 2 is 2.11 bits per heavy atom. The highest BCUT2D eigenvalue weighted by atomic mass is 16.5. The van der Waals surface area contributed by atoms with Crippen LogP contribution < -0.4 is 16.2 Å². The molecule has 18 heavy (non-hydrogen) atoms. The largest absolute Gasteiger partial charge is 0.504 e. The van der Waals surface area contributed by atoms with Crippen LogP contribution in [-0.2, 0) is 0 Å². The van der Waals surface area contributed by atoms with Gasteiger partial charge in [0.1, 0.15) is 0 Å². The molecule has 0 aliphatic rings. The van der Waals surface area contributed by atoms with Gasteiger partial charge in [0, 0.05) is 0 Å². The molecule has 1 aromatic rings. The zero-order valence-electron chi connectivity index (χ0n) is 11.0. The van der Waals surface area contributed by atoms with Gasteiger partial charge in [0.05, 0.1) is 12.8 Å². The predicted octanol–water partition coefficient (Wildman–Crippen LogP) is 2.22. The summed E-state index contributed by atoms with van der Waals surface area (Å²) in [6.07, 6.45) is 6.24. The minimum absolute atomic E-state index is 0.132. The monoisotopic (exact) mass is 250 g/mol. The molecule has 5 N–H and O–H groups in total. The van der Waals surface area contributed by atoms with Gasteiger partial charge >= 0.3 is 0 Å². The molecular weight excluding hydrogens is 228 g/mol. The van der Waals surface area contributed by atoms with Crippen LogP contribution in [0.15, 0.2) is 24.3 Å². The fourth-order valence-electron chi connectivity index (χ4n) is 1.78. The van der Waals surface area contributed by atoms with E-state index >= 15 is 0 Å². The minimum atomic E-state index is -0.647. The van der Waals surface area contributed by atoms with Gasteiger partial charge in [-0.1, -0.05) is 31.6 Å². The normalized spacial score (nSPS) is 12.0. The van der Waals surface area contributed by atoms with Gasteiger partial charge in [0.25, 0.3) is 0 Å². The highest BCUT2D eigenvalue weighted by Gasteiger charge is 2.14. The Morgan fingerprint density at radius 3 is 2.72 bits per heavy atom. The lowest BCUT2D eigenvalue weighted by Crippen LogP contribution is -2.48. The van der Waals surface area contributed by atoms with E-state index in [1.807, 2.05) is 18.2 Å². The van der Waals surface area contributed by atoms with Crippen molar-refractivity contribution in [2.24, 2.45) is 11.5 Å². The summed E-state index contributed by atoms with van der Waals surface area (Å²) in [5.41, 5.74) is 12.2. The summed E-state index contributed by atoms with van der Waals surface area (Å²) in [7, 11) is 1.52. The maximum absolute atomic E-state index is 9.47. The van der Waals surface area contributed by atoms with Crippen LogP contribution in [0.3, 0.4) is 0 Å². The summed E-state index contributed by atoms with van der Waals surface area (Å²) in [6, 6.07) is 5.17. The van der Waals surface area contributed by atoms with Gasteiger partial charge in [-0.2, -0.15) is 0 Å². The second kappa shape index (κ2) is 6.42. The van der Waals surface area contributed by atoms with Crippen LogP contribution >= 0.6 is 0 Å². The van der Waals surface area contributed by atoms with E-state index in [1.54, 1.807) is 12.1 Å². The average Bonchev–Trinajstić information content (AvgIpc) is 2.31. The van der Waals surface area contributed by atoms with Gasteiger partial charge < -0.3 is 21.3 Å². The van der Waals surface area contributed by atoms with Gasteiger partial charge in [0.2, 0.25) is 0 Å². The Bertz CT molecular complexity index is 414. The smallest absolute Gasteiger partial charge is 0.161 e. The Hall–Kier alpha value is -1.52. The number of phenols is 1. The third-order valence-corrected chi connectivity index (χ3v) is 2.73. The first kappa shape index (κ1) is 14.5. The lowest BCUT2D eigenvalue weighted by Gasteiger charge is -2.21. The molecule has 0 fully saturated rings. The number of nitrogens with two attached hydrogens (primary N) is 2. The van der Waals surface area contributed by atoms with Gasteiger partial charge in [-0.25, -0.2) is 0 Å². The quantitative estimate of drug-likeness (QED) is 0.676. The van der Waals surface area contributed by atoms with E-state index in [9.17, 15) is 5.11 Å². The van der Waals surface area contributed by atoms with Crippen LogP contribution in [0.1, 0.15) is 31.7 Å². The van der Waals surface area contributed by atoms with E-state index in [-0.39, 0.29) is 5.75 Å². The molecule has 0 atom stereocenters. The number of phenolic OH excluding ortho intramolecular Hbond substituents is 1. The second-order valence-electron chi connectivity index (χ2n) is 4.52. The van der Waals surface area contributed by atoms with Crippen LogP contribution in [0.25, 0.3) is 6.08 Å². The van der Waals surface area contributed by atoms with Gasteiger partial charge in [-0.15, -0.1) is 0 Å². The van der Waals surface area contributed by atoms with Crippen molar-refractivity contribution in [2.45, 2.75) is 31.8 Å². The highest BCUT2D eigenvalue weighted by Crippen LogP contribution is 2.26. The number of aromatic hydroxyl groups is 1. The molecule has 0 aromatic heterocycles. The molecule has 0 unspecified atom stereocenters. The maximum atomic E-state index is 9.47. The zero-order valence-corrected chi connectivity index (χ0v) is 11.0. The van der Waals surface area contributed by atoms with Crippen LogP contribution in [0.4, 0.5) is 0 Å². The van der Waals surface area contributed by atoms with Crippen molar-refractivity contribution >= 4 is 6.08 Å². The maximum Gasteiger partial charge on any atom is 0.161 e. The number of ether oxygens (including phenoxy) is 1. The minimum Gasteiger partial charge on any atom is -0.504 e. The number of methoxy groups -OCH3 is 1. The van der Waals surface area contributed by atoms with Crippen molar-refractivity contribution in [2.75, 3.05) is 7.11 Å². The van der Waals surface area contributed by atoms with Gasteiger partial charge in [-0.3, -0.25) is 0 Å². The number of hydrogen-bond donors (Lipinski definition) is 3. The number of benzene rings is 1. The first-order valence-electron chi connectivity index (χ1n) is 6.10. The molecule has 0 saturated heterocycles. The highest BCUT2D eigenvalue weighted by molar-refractivity contribution is 5.55. The van der Waals surface area contributed by atoms with Gasteiger partial charge in [-0.05, 0) is 30.5 Å². The van der Waals surface area contributed by atoms with Crippen LogP contribution in [-0.4, -0.2) is 17.9 Å². The molecule has 4 nitrogen and oxygen atoms in total. The lowest BCUT2D eigenvalue weighted by molar-refractivity contribution is 0.373. The summed E-state index contributed by atoms with van der Waals surface area (Å²) in [6.45, 7) is 2.06. The fourth-order valence-corrected chi connectivity index (χ4v) is 1.78. The molecule has 0 aliphatic heterocycles. The molecule has 0 spiro atoms. The predicted molar refractivity (Wildman–Crippen MR) is 74.3 cm³/mol.